The molecule has 0 saturated carbocycles. The van der Waals surface area contributed by atoms with Gasteiger partial charge >= 0.3 is 0 Å². The molecule has 3 aromatic rings. The number of hydrogen-bond acceptors (Lipinski definition) is 5. The summed E-state index contributed by atoms with van der Waals surface area (Å²) >= 11 is 6.63. The molecular formula is C27H24N2O3S2. The lowest BCUT2D eigenvalue weighted by Gasteiger charge is -2.22. The Labute approximate surface area is 208 Å². The Hall–Kier alpha value is -3.42. The van der Waals surface area contributed by atoms with Gasteiger partial charge in [0.1, 0.15) is 22.7 Å². The molecule has 0 spiro atoms. The highest BCUT2D eigenvalue weighted by Crippen LogP contribution is 2.34. The van der Waals surface area contributed by atoms with Crippen LogP contribution in [0.1, 0.15) is 23.6 Å². The smallest absolute Gasteiger partial charge is 0.266 e. The van der Waals surface area contributed by atoms with E-state index in [2.05, 4.69) is 5.32 Å². The maximum Gasteiger partial charge on any atom is 0.266 e. The third kappa shape index (κ3) is 5.73. The SMILES string of the molecule is Cc1cccc(NC(=O)C(C)N2C(=O)/C(=C/c3cccc(OCc4ccccc4)c3)SC2=S)c1. The minimum absolute atomic E-state index is 0.280. The Balaban J connectivity index is 1.44. The molecule has 2 amide bonds. The van der Waals surface area contributed by atoms with Crippen molar-refractivity contribution in [3.63, 3.8) is 0 Å². The summed E-state index contributed by atoms with van der Waals surface area (Å²) in [5.41, 5.74) is 3.62. The van der Waals surface area contributed by atoms with Gasteiger partial charge in [-0.2, -0.15) is 0 Å². The number of nitrogens with one attached hydrogen (secondary N) is 1. The van der Waals surface area contributed by atoms with Crippen LogP contribution < -0.4 is 10.1 Å². The van der Waals surface area contributed by atoms with Gasteiger partial charge in [-0.15, -0.1) is 0 Å². The topological polar surface area (TPSA) is 58.6 Å². The number of carbonyl (C=O) groups excluding carboxylic acids is 2. The molecule has 7 heteroatoms. The van der Waals surface area contributed by atoms with E-state index in [4.69, 9.17) is 17.0 Å². The van der Waals surface area contributed by atoms with E-state index in [0.29, 0.717) is 27.3 Å². The first-order valence-electron chi connectivity index (χ1n) is 10.8. The van der Waals surface area contributed by atoms with E-state index in [9.17, 15) is 9.59 Å². The average Bonchev–Trinajstić information content (AvgIpc) is 3.10. The Morgan fingerprint density at radius 3 is 2.62 bits per heavy atom. The van der Waals surface area contributed by atoms with Crippen LogP contribution >= 0.6 is 24.0 Å². The Bertz CT molecular complexity index is 1260. The number of amides is 2. The van der Waals surface area contributed by atoms with E-state index in [0.717, 1.165) is 16.7 Å². The van der Waals surface area contributed by atoms with Crippen LogP contribution in [0.15, 0.2) is 83.8 Å². The molecule has 1 unspecified atom stereocenters. The second-order valence-electron chi connectivity index (χ2n) is 7.93. The highest BCUT2D eigenvalue weighted by Gasteiger charge is 2.38. The summed E-state index contributed by atoms with van der Waals surface area (Å²) in [6, 6.07) is 24.2. The number of rotatable bonds is 7. The van der Waals surface area contributed by atoms with Crippen molar-refractivity contribution in [1.29, 1.82) is 0 Å². The lowest BCUT2D eigenvalue weighted by Crippen LogP contribution is -2.44. The third-order valence-corrected chi connectivity index (χ3v) is 6.61. The molecule has 0 aliphatic carbocycles. The van der Waals surface area contributed by atoms with Crippen LogP contribution in [0.3, 0.4) is 0 Å². The maximum atomic E-state index is 13.1. The second kappa shape index (κ2) is 10.7. The lowest BCUT2D eigenvalue weighted by molar-refractivity contribution is -0.129. The van der Waals surface area contributed by atoms with E-state index in [-0.39, 0.29) is 11.8 Å². The molecule has 3 aromatic carbocycles. The molecule has 1 aliphatic rings. The molecule has 5 nitrogen and oxygen atoms in total. The largest absolute Gasteiger partial charge is 0.489 e. The fourth-order valence-electron chi connectivity index (χ4n) is 3.49. The first kappa shape index (κ1) is 23.7. The molecule has 1 atom stereocenters. The van der Waals surface area contributed by atoms with E-state index in [1.165, 1.54) is 16.7 Å². The monoisotopic (exact) mass is 488 g/mol. The van der Waals surface area contributed by atoms with Crippen LogP contribution in [0, 0.1) is 6.92 Å². The Kier molecular flexibility index (Phi) is 7.45. The summed E-state index contributed by atoms with van der Waals surface area (Å²) in [6.07, 6.45) is 1.78. The summed E-state index contributed by atoms with van der Waals surface area (Å²) in [5.74, 6) is 0.135. The van der Waals surface area contributed by atoms with Gasteiger partial charge < -0.3 is 10.1 Å². The number of nitrogens with zero attached hydrogens (tertiary/aromatic N) is 1. The van der Waals surface area contributed by atoms with Gasteiger partial charge in [0.05, 0.1) is 4.91 Å². The van der Waals surface area contributed by atoms with Crippen molar-refractivity contribution < 1.29 is 14.3 Å². The zero-order chi connectivity index (χ0) is 24.1. The van der Waals surface area contributed by atoms with Crippen molar-refractivity contribution in [1.82, 2.24) is 4.90 Å². The number of thioether (sulfide) groups is 1. The number of aryl methyl sites for hydroxylation is 1. The molecule has 172 valence electrons. The van der Waals surface area contributed by atoms with Crippen molar-refractivity contribution in [2.75, 3.05) is 5.32 Å². The molecule has 1 saturated heterocycles. The standard InChI is InChI=1S/C27H24N2O3S2/c1-18-8-6-12-22(14-18)28-25(30)19(2)29-26(31)24(34-27(29)33)16-21-11-7-13-23(15-21)32-17-20-9-4-3-5-10-20/h3-16,19H,17H2,1-2H3,(H,28,30)/b24-16-. The van der Waals surface area contributed by atoms with Crippen molar-refractivity contribution in [3.8, 4) is 5.75 Å². The predicted octanol–water partition coefficient (Wildman–Crippen LogP) is 5.80. The van der Waals surface area contributed by atoms with Crippen LogP contribution in [0.5, 0.6) is 5.75 Å². The van der Waals surface area contributed by atoms with Gasteiger partial charge in [0, 0.05) is 5.69 Å². The molecule has 0 bridgehead atoms. The van der Waals surface area contributed by atoms with Gasteiger partial charge in [0.15, 0.2) is 0 Å². The second-order valence-corrected chi connectivity index (χ2v) is 9.61. The van der Waals surface area contributed by atoms with Crippen LogP contribution in [-0.2, 0) is 16.2 Å². The molecular weight excluding hydrogens is 464 g/mol. The van der Waals surface area contributed by atoms with Gasteiger partial charge in [0.2, 0.25) is 5.91 Å². The molecule has 1 heterocycles. The van der Waals surface area contributed by atoms with E-state index < -0.39 is 6.04 Å². The molecule has 0 aromatic heterocycles. The minimum Gasteiger partial charge on any atom is -0.489 e. The summed E-state index contributed by atoms with van der Waals surface area (Å²) < 4.78 is 6.25. The van der Waals surface area contributed by atoms with Gasteiger partial charge in [0.25, 0.3) is 5.91 Å². The quantitative estimate of drug-likeness (QED) is 0.336. The summed E-state index contributed by atoms with van der Waals surface area (Å²) in [5, 5.41) is 2.86. The summed E-state index contributed by atoms with van der Waals surface area (Å²) in [6.45, 7) is 4.09. The van der Waals surface area contributed by atoms with Crippen LogP contribution in [-0.4, -0.2) is 27.1 Å². The summed E-state index contributed by atoms with van der Waals surface area (Å²) in [7, 11) is 0. The molecule has 1 N–H and O–H groups in total. The Morgan fingerprint density at radius 1 is 1.09 bits per heavy atom. The number of anilines is 1. The van der Waals surface area contributed by atoms with Crippen LogP contribution in [0.2, 0.25) is 0 Å². The number of benzene rings is 3. The van der Waals surface area contributed by atoms with Gasteiger partial charge in [-0.05, 0) is 60.9 Å². The molecule has 34 heavy (non-hydrogen) atoms. The molecule has 1 aliphatic heterocycles. The maximum absolute atomic E-state index is 13.1. The van der Waals surface area contributed by atoms with Crippen molar-refractivity contribution >= 4 is 51.9 Å². The van der Waals surface area contributed by atoms with E-state index >= 15 is 0 Å². The lowest BCUT2D eigenvalue weighted by atomic mass is 10.2. The normalized spacial score (nSPS) is 15.5. The highest BCUT2D eigenvalue weighted by atomic mass is 32.2. The van der Waals surface area contributed by atoms with E-state index in [1.807, 2.05) is 85.8 Å². The van der Waals surface area contributed by atoms with Gasteiger partial charge in [-0.1, -0.05) is 78.6 Å². The molecule has 0 radical (unpaired) electrons. The van der Waals surface area contributed by atoms with Crippen LogP contribution in [0.4, 0.5) is 5.69 Å². The molecule has 4 rings (SSSR count). The average molecular weight is 489 g/mol. The van der Waals surface area contributed by atoms with Gasteiger partial charge in [-0.3, -0.25) is 14.5 Å². The zero-order valence-corrected chi connectivity index (χ0v) is 20.5. The first-order valence-corrected chi connectivity index (χ1v) is 12.0. The number of carbonyl (C=O) groups is 2. The highest BCUT2D eigenvalue weighted by molar-refractivity contribution is 8.26. The van der Waals surface area contributed by atoms with E-state index in [1.54, 1.807) is 13.0 Å². The van der Waals surface area contributed by atoms with Crippen molar-refractivity contribution in [2.45, 2.75) is 26.5 Å². The third-order valence-electron chi connectivity index (χ3n) is 5.28. The minimum atomic E-state index is -0.737. The first-order chi connectivity index (χ1) is 16.4. The predicted molar refractivity (Wildman–Crippen MR) is 141 cm³/mol. The zero-order valence-electron chi connectivity index (χ0n) is 18.9. The van der Waals surface area contributed by atoms with Gasteiger partial charge in [-0.25, -0.2) is 0 Å². The Morgan fingerprint density at radius 2 is 1.85 bits per heavy atom. The molecule has 1 fully saturated rings. The number of hydrogen-bond donors (Lipinski definition) is 1. The summed E-state index contributed by atoms with van der Waals surface area (Å²) in [4.78, 5) is 27.7. The number of thiocarbonyl (C=S) groups is 1. The van der Waals surface area contributed by atoms with Crippen molar-refractivity contribution in [2.24, 2.45) is 0 Å². The fourth-order valence-corrected chi connectivity index (χ4v) is 4.91. The fraction of sp³-hybridized carbons (Fsp3) is 0.148. The van der Waals surface area contributed by atoms with Crippen molar-refractivity contribution in [3.05, 3.63) is 100 Å². The number of ether oxygens (including phenoxy) is 1. The van der Waals surface area contributed by atoms with Crippen LogP contribution in [0.25, 0.3) is 6.08 Å².